The smallest absolute Gasteiger partial charge is 0.859 e. The number of nitrogens with zero attached hydrogens (tertiary/aromatic N) is 3. The molecule has 0 N–H and O–H groups in total. The van der Waals surface area contributed by atoms with E-state index in [1.54, 1.807) is 19.6 Å². The second-order valence-corrected chi connectivity index (χ2v) is 53.3. The number of hydrogen-bond donors (Lipinski definition) is 0. The molecule has 0 spiro atoms. The quantitative estimate of drug-likeness (QED) is 0.277. The molecule has 0 aromatic carbocycles. The second kappa shape index (κ2) is 40.6. The first-order valence-corrected chi connectivity index (χ1v) is 44.8. The molecular weight excluding hydrogens is 1000 g/mol. The van der Waals surface area contributed by atoms with Gasteiger partial charge in [0, 0.05) is 0 Å². The van der Waals surface area contributed by atoms with Crippen molar-refractivity contribution < 1.29 is 113 Å². The van der Waals surface area contributed by atoms with E-state index in [2.05, 4.69) is 118 Å². The minimum Gasteiger partial charge on any atom is -0.859 e. The van der Waals surface area contributed by atoms with Gasteiger partial charge in [-0.3, -0.25) is 0 Å². The van der Waals surface area contributed by atoms with E-state index in [0.29, 0.717) is 106 Å². The maximum atomic E-state index is 10.2. The standard InChI is InChI=1S/2C8H16O4.3C6H18NSi2.C3H9OSi.Na.Sm/c2*1-2-10-5-6-12-8-7-11-4-3-9-1;3*1-8(2,3)7-9(4,5)6;1-5(2,3)4;;/h2*1-8H2;3*1-6H3;1-3H3;;/q;;4*-1;+1;+3. The summed E-state index contributed by atoms with van der Waals surface area (Å²) in [5.41, 5.74) is 0. The largest absolute Gasteiger partial charge is 3.00 e. The average molecular weight is 1100 g/mol. The Morgan fingerprint density at radius 1 is 0.259 bits per heavy atom. The van der Waals surface area contributed by atoms with Crippen LogP contribution < -0.4 is 34.4 Å². The molecule has 12 nitrogen and oxygen atoms in total. The molecule has 0 atom stereocenters. The first kappa shape index (κ1) is 73.0. The van der Waals surface area contributed by atoms with Crippen LogP contribution in [0.5, 0.6) is 0 Å². The summed E-state index contributed by atoms with van der Waals surface area (Å²) in [5, 5.41) is 0. The van der Waals surface area contributed by atoms with Gasteiger partial charge >= 0.3 is 69.9 Å². The van der Waals surface area contributed by atoms with Crippen LogP contribution in [0.2, 0.25) is 137 Å². The van der Waals surface area contributed by atoms with Gasteiger partial charge in [-0.15, -0.1) is 0 Å². The summed E-state index contributed by atoms with van der Waals surface area (Å²) in [6, 6.07) is 0. The molecule has 21 heteroatoms. The van der Waals surface area contributed by atoms with Crippen LogP contribution in [0.1, 0.15) is 0 Å². The monoisotopic (exact) mass is 1100 g/mol. The summed E-state index contributed by atoms with van der Waals surface area (Å²) in [7, 11) is -8.50. The van der Waals surface area contributed by atoms with Crippen molar-refractivity contribution in [2.45, 2.75) is 137 Å². The molecule has 0 aromatic heterocycles. The van der Waals surface area contributed by atoms with Crippen LogP contribution in [0, 0.1) is 40.4 Å². The third-order valence-corrected chi connectivity index (χ3v) is 21.1. The van der Waals surface area contributed by atoms with Crippen molar-refractivity contribution in [3.8, 4) is 0 Å². The summed E-state index contributed by atoms with van der Waals surface area (Å²) in [5.74, 6) is 0. The van der Waals surface area contributed by atoms with Gasteiger partial charge in [-0.1, -0.05) is 195 Å². The molecule has 0 amide bonds. The molecule has 2 rings (SSSR count). The van der Waals surface area contributed by atoms with E-state index >= 15 is 0 Å². The Morgan fingerprint density at radius 2 is 0.328 bits per heavy atom. The predicted octanol–water partition coefficient (Wildman–Crippen LogP) is 6.41. The van der Waals surface area contributed by atoms with Crippen molar-refractivity contribution in [2.24, 2.45) is 0 Å². The van der Waals surface area contributed by atoms with Gasteiger partial charge in [0.25, 0.3) is 0 Å². The van der Waals surface area contributed by atoms with E-state index in [1.807, 2.05) is 0 Å². The summed E-state index contributed by atoms with van der Waals surface area (Å²) in [6.07, 6.45) is 0. The zero-order chi connectivity index (χ0) is 44.6. The van der Waals surface area contributed by atoms with Gasteiger partial charge in [-0.05, 0) is 0 Å². The average Bonchev–Trinajstić information content (AvgIpc) is 2.88. The van der Waals surface area contributed by atoms with E-state index in [9.17, 15) is 4.80 Å². The third-order valence-electron chi connectivity index (χ3n) is 4.99. The van der Waals surface area contributed by atoms with Gasteiger partial charge in [0.05, 0.1) is 106 Å². The second-order valence-electron chi connectivity index (χ2n) is 20.4. The minimum absolute atomic E-state index is 0. The summed E-state index contributed by atoms with van der Waals surface area (Å²) < 4.78 is 56.2. The molecule has 2 fully saturated rings. The fourth-order valence-electron chi connectivity index (χ4n) is 4.78. The van der Waals surface area contributed by atoms with Crippen LogP contribution in [0.15, 0.2) is 0 Å². The Bertz CT molecular complexity index is 657. The summed E-state index contributed by atoms with van der Waals surface area (Å²) in [6.45, 7) is 56.9. The fraction of sp³-hybridized carbons (Fsp3) is 1.00. The maximum absolute atomic E-state index is 10.2. The third kappa shape index (κ3) is 98.3. The number of rotatable bonds is 6. The molecule has 1 radical (unpaired) electrons. The number of hydrogen-bond acceptors (Lipinski definition) is 9. The van der Waals surface area contributed by atoms with Gasteiger partial charge in [0.2, 0.25) is 0 Å². The van der Waals surface area contributed by atoms with E-state index in [4.69, 9.17) is 51.8 Å². The molecule has 58 heavy (non-hydrogen) atoms. The van der Waals surface area contributed by atoms with Crippen molar-refractivity contribution in [1.82, 2.24) is 0 Å². The van der Waals surface area contributed by atoms with Crippen LogP contribution in [0.25, 0.3) is 13.9 Å². The van der Waals surface area contributed by atoms with Crippen molar-refractivity contribution in [3.05, 3.63) is 13.9 Å². The van der Waals surface area contributed by atoms with Crippen LogP contribution >= 0.6 is 0 Å². The Balaban J connectivity index is -0.000000141. The van der Waals surface area contributed by atoms with Crippen LogP contribution in [0.4, 0.5) is 0 Å². The van der Waals surface area contributed by atoms with E-state index in [1.165, 1.54) is 0 Å². The SMILES string of the molecule is C1COCCOCCOCCO1.C1COCCOCCOCCO1.C[Si](C)(C)[N-][Si](C)(C)C.C[Si](C)(C)[N-][Si](C)(C)C.C[Si](C)(C)[N-][Si](C)(C)C.C[Si](C)(C)[O-].[Na+].[Sm+3]. The summed E-state index contributed by atoms with van der Waals surface area (Å²) >= 11 is 0. The topological polar surface area (TPSA) is 139 Å². The van der Waals surface area contributed by atoms with Crippen molar-refractivity contribution in [1.29, 1.82) is 0 Å². The predicted molar refractivity (Wildman–Crippen MR) is 260 cm³/mol. The zero-order valence-corrected chi connectivity index (χ0v) is 53.9. The van der Waals surface area contributed by atoms with Gasteiger partial charge in [0.1, 0.15) is 0 Å². The number of ether oxygens (including phenoxy) is 8. The van der Waals surface area contributed by atoms with Crippen molar-refractivity contribution in [2.75, 3.05) is 106 Å². The Morgan fingerprint density at radius 3 is 0.362 bits per heavy atom. The first-order chi connectivity index (χ1) is 25.1. The van der Waals surface area contributed by atoms with Gasteiger partial charge in [-0.2, -0.15) is 0 Å². The Kier molecular flexibility index (Phi) is 51.1. The summed E-state index contributed by atoms with van der Waals surface area (Å²) in [4.78, 5) is 10.2. The van der Waals surface area contributed by atoms with Crippen LogP contribution in [-0.4, -0.2) is 163 Å². The van der Waals surface area contributed by atoms with E-state index < -0.39 is 57.7 Å². The molecule has 2 aliphatic rings. The molecular formula is C37H95N3NaO9Si7Sm. The zero-order valence-electron chi connectivity index (χ0n) is 42.2. The molecule has 2 aliphatic heterocycles. The molecule has 0 unspecified atom stereocenters. The van der Waals surface area contributed by atoms with E-state index in [-0.39, 0.29) is 69.9 Å². The van der Waals surface area contributed by atoms with E-state index in [0.717, 1.165) is 0 Å². The Hall–Kier alpha value is 3.38. The molecule has 2 heterocycles. The van der Waals surface area contributed by atoms with Crippen LogP contribution in [0.3, 0.4) is 0 Å². The van der Waals surface area contributed by atoms with Gasteiger partial charge in [0.15, 0.2) is 0 Å². The molecule has 347 valence electrons. The van der Waals surface area contributed by atoms with Crippen molar-refractivity contribution in [3.63, 3.8) is 0 Å². The van der Waals surface area contributed by atoms with Gasteiger partial charge in [-0.25, -0.2) is 0 Å². The molecule has 0 aromatic rings. The Labute approximate surface area is 423 Å². The molecule has 0 saturated carbocycles. The molecule has 0 aliphatic carbocycles. The minimum atomic E-state index is -1.86. The van der Waals surface area contributed by atoms with Gasteiger partial charge < -0.3 is 56.6 Å². The fourth-order valence-corrected chi connectivity index (χ4v) is 28.9. The van der Waals surface area contributed by atoms with Crippen molar-refractivity contribution >= 4 is 57.7 Å². The molecule has 0 bridgehead atoms. The van der Waals surface area contributed by atoms with Crippen LogP contribution in [-0.2, 0) is 37.9 Å². The normalized spacial score (nSPS) is 17.5. The molecule has 2 saturated heterocycles. The first-order valence-electron chi connectivity index (χ1n) is 20.7. The maximum Gasteiger partial charge on any atom is 3.00 e.